The van der Waals surface area contributed by atoms with Gasteiger partial charge in [0.1, 0.15) is 0 Å². The molecule has 0 spiro atoms. The molecule has 0 fully saturated rings. The first-order valence-corrected chi connectivity index (χ1v) is 3.07. The number of carboxylic acid groups (broad SMARTS) is 1. The Morgan fingerprint density at radius 1 is 1.50 bits per heavy atom. The van der Waals surface area contributed by atoms with Gasteiger partial charge in [-0.15, -0.1) is 0 Å². The van der Waals surface area contributed by atoms with Gasteiger partial charge in [-0.1, -0.05) is 14.4 Å². The maximum absolute atomic E-state index is 9.88. The van der Waals surface area contributed by atoms with Gasteiger partial charge >= 0.3 is 5.97 Å². The summed E-state index contributed by atoms with van der Waals surface area (Å²) in [6.45, 7) is 2.98. The smallest absolute Gasteiger partial charge is 0.305 e. The van der Waals surface area contributed by atoms with E-state index in [1.165, 1.54) is 0 Å². The summed E-state index contributed by atoms with van der Waals surface area (Å²) in [6, 6.07) is 0. The summed E-state index contributed by atoms with van der Waals surface area (Å²) >= 11 is 0. The number of carboxylic acids is 1. The van der Waals surface area contributed by atoms with Crippen LogP contribution >= 0.6 is 0 Å². The molecule has 0 aromatic carbocycles. The molecule has 0 rings (SSSR count). The van der Waals surface area contributed by atoms with Gasteiger partial charge in [0.2, 0.25) is 0 Å². The Morgan fingerprint density at radius 2 is 2.10 bits per heavy atom. The van der Waals surface area contributed by atoms with Crippen molar-refractivity contribution in [2.75, 3.05) is 13.2 Å². The number of hydrogen-bond acceptors (Lipinski definition) is 2. The van der Waals surface area contributed by atoms with Crippen molar-refractivity contribution in [3.8, 4) is 0 Å². The van der Waals surface area contributed by atoms with Crippen molar-refractivity contribution < 1.29 is 14.6 Å². The van der Waals surface area contributed by atoms with Crippen LogP contribution in [0.3, 0.4) is 0 Å². The summed E-state index contributed by atoms with van der Waals surface area (Å²) in [7, 11) is 0. The first-order chi connectivity index (χ1) is 4.27. The van der Waals surface area contributed by atoms with Gasteiger partial charge in [-0.3, -0.25) is 4.79 Å². The summed E-state index contributed by atoms with van der Waals surface area (Å²) in [5.74, 6) is -0.800. The van der Waals surface area contributed by atoms with E-state index < -0.39 is 5.97 Å². The first-order valence-electron chi connectivity index (χ1n) is 3.07. The van der Waals surface area contributed by atoms with Crippen LogP contribution in [0, 0.1) is 0 Å². The van der Waals surface area contributed by atoms with Crippen molar-refractivity contribution in [2.45, 2.75) is 27.2 Å². The van der Waals surface area contributed by atoms with E-state index in [-0.39, 0.29) is 13.8 Å². The Balaban J connectivity index is 0. The second-order valence-electron chi connectivity index (χ2n) is 1.76. The fourth-order valence-electron chi connectivity index (χ4n) is 0.406. The maximum atomic E-state index is 9.88. The second kappa shape index (κ2) is 8.43. The average molecular weight is 148 g/mol. The van der Waals surface area contributed by atoms with Crippen LogP contribution in [0.4, 0.5) is 0 Å². The lowest BCUT2D eigenvalue weighted by molar-refractivity contribution is -0.138. The number of hydrogen-bond donors (Lipinski definition) is 1. The molecule has 10 heavy (non-hydrogen) atoms. The minimum Gasteiger partial charge on any atom is -0.481 e. The van der Waals surface area contributed by atoms with Crippen molar-refractivity contribution in [3.63, 3.8) is 0 Å². The molecule has 62 valence electrons. The van der Waals surface area contributed by atoms with Crippen LogP contribution in [0.1, 0.15) is 27.2 Å². The topological polar surface area (TPSA) is 46.5 Å². The quantitative estimate of drug-likeness (QED) is 0.601. The van der Waals surface area contributed by atoms with Crippen molar-refractivity contribution >= 4 is 5.97 Å². The highest BCUT2D eigenvalue weighted by atomic mass is 16.5. The fraction of sp³-hybridized carbons (Fsp3) is 0.857. The van der Waals surface area contributed by atoms with Gasteiger partial charge in [0.05, 0.1) is 13.0 Å². The van der Waals surface area contributed by atoms with Crippen LogP contribution in [0.25, 0.3) is 0 Å². The Hall–Kier alpha value is -0.570. The molecule has 0 aromatic heterocycles. The van der Waals surface area contributed by atoms with Crippen molar-refractivity contribution in [1.29, 1.82) is 0 Å². The predicted octanol–water partition coefficient (Wildman–Crippen LogP) is 1.52. The highest BCUT2D eigenvalue weighted by molar-refractivity contribution is 5.66. The van der Waals surface area contributed by atoms with Crippen molar-refractivity contribution in [2.24, 2.45) is 0 Å². The fourth-order valence-corrected chi connectivity index (χ4v) is 0.406. The third-order valence-corrected chi connectivity index (χ3v) is 0.809. The zero-order valence-electron chi connectivity index (χ0n) is 5.59. The minimum atomic E-state index is -0.800. The van der Waals surface area contributed by atoms with Gasteiger partial charge in [-0.05, 0) is 6.42 Å². The molecule has 0 bridgehead atoms. The molecule has 0 aliphatic carbocycles. The molecule has 3 nitrogen and oxygen atoms in total. The molecule has 1 N–H and O–H groups in total. The Morgan fingerprint density at radius 3 is 2.50 bits per heavy atom. The summed E-state index contributed by atoms with van der Waals surface area (Å²) < 4.78 is 4.91. The van der Waals surface area contributed by atoms with Gasteiger partial charge in [0.25, 0.3) is 0 Å². The van der Waals surface area contributed by atoms with E-state index in [0.29, 0.717) is 13.2 Å². The van der Waals surface area contributed by atoms with Crippen molar-refractivity contribution in [3.05, 3.63) is 0 Å². The Labute approximate surface area is 62.0 Å². The molecule has 0 unspecified atom stereocenters. The molecule has 0 atom stereocenters. The number of aliphatic carboxylic acids is 1. The highest BCUT2D eigenvalue weighted by Crippen LogP contribution is 1.84. The molecule has 0 aliphatic heterocycles. The van der Waals surface area contributed by atoms with Crippen molar-refractivity contribution in [1.82, 2.24) is 0 Å². The lowest BCUT2D eigenvalue weighted by Gasteiger charge is -1.96. The second-order valence-corrected chi connectivity index (χ2v) is 1.76. The molecule has 0 radical (unpaired) electrons. The number of ether oxygens (including phenoxy) is 1. The molecule has 0 aliphatic rings. The predicted molar refractivity (Wildman–Crippen MR) is 40.1 cm³/mol. The van der Waals surface area contributed by atoms with Crippen LogP contribution in [0.2, 0.25) is 0 Å². The van der Waals surface area contributed by atoms with Crippen LogP contribution in [-0.2, 0) is 9.53 Å². The largest absolute Gasteiger partial charge is 0.481 e. The van der Waals surface area contributed by atoms with Crippen LogP contribution in [0.5, 0.6) is 0 Å². The van der Waals surface area contributed by atoms with E-state index in [1.54, 1.807) is 0 Å². The van der Waals surface area contributed by atoms with Crippen LogP contribution < -0.4 is 0 Å². The van der Waals surface area contributed by atoms with E-state index >= 15 is 0 Å². The molecular weight excluding hydrogens is 132 g/mol. The standard InChI is InChI=1S/C6H12O3.CH4/c1-2-4-9-5-3-6(7)8;/h2-5H2,1H3,(H,7,8);1H4. The average Bonchev–Trinajstić information content (AvgIpc) is 1.80. The molecule has 0 saturated carbocycles. The van der Waals surface area contributed by atoms with E-state index in [2.05, 4.69) is 0 Å². The molecule has 0 saturated heterocycles. The first kappa shape index (κ1) is 12.1. The van der Waals surface area contributed by atoms with E-state index in [4.69, 9.17) is 9.84 Å². The monoisotopic (exact) mass is 148 g/mol. The third kappa shape index (κ3) is 10.4. The Kier molecular flexibility index (Phi) is 10.2. The van der Waals surface area contributed by atoms with E-state index in [9.17, 15) is 4.79 Å². The molecule has 0 heterocycles. The summed E-state index contributed by atoms with van der Waals surface area (Å²) in [5, 5.41) is 8.13. The zero-order chi connectivity index (χ0) is 7.11. The van der Waals surface area contributed by atoms with Crippen LogP contribution in [-0.4, -0.2) is 24.3 Å². The van der Waals surface area contributed by atoms with Gasteiger partial charge in [0, 0.05) is 6.61 Å². The van der Waals surface area contributed by atoms with E-state index in [0.717, 1.165) is 6.42 Å². The molecular formula is C7H16O3. The third-order valence-electron chi connectivity index (χ3n) is 0.809. The molecule has 3 heteroatoms. The van der Waals surface area contributed by atoms with Crippen LogP contribution in [0.15, 0.2) is 0 Å². The van der Waals surface area contributed by atoms with Gasteiger partial charge in [-0.25, -0.2) is 0 Å². The zero-order valence-corrected chi connectivity index (χ0v) is 5.59. The summed E-state index contributed by atoms with van der Waals surface area (Å²) in [4.78, 5) is 9.88. The normalized spacial score (nSPS) is 8.50. The summed E-state index contributed by atoms with van der Waals surface area (Å²) in [5.41, 5.74) is 0. The SMILES string of the molecule is C.CCCOCCC(=O)O. The Bertz CT molecular complexity index is 80.9. The molecule has 0 amide bonds. The highest BCUT2D eigenvalue weighted by Gasteiger charge is 1.93. The van der Waals surface area contributed by atoms with Gasteiger partial charge in [-0.2, -0.15) is 0 Å². The minimum absolute atomic E-state index is 0. The molecule has 0 aromatic rings. The van der Waals surface area contributed by atoms with E-state index in [1.807, 2.05) is 6.92 Å². The number of carbonyl (C=O) groups is 1. The lowest BCUT2D eigenvalue weighted by Crippen LogP contribution is -2.02. The summed E-state index contributed by atoms with van der Waals surface area (Å²) in [6.07, 6.45) is 1.06. The maximum Gasteiger partial charge on any atom is 0.305 e. The van der Waals surface area contributed by atoms with Gasteiger partial charge in [0.15, 0.2) is 0 Å². The van der Waals surface area contributed by atoms with Gasteiger partial charge < -0.3 is 9.84 Å². The lowest BCUT2D eigenvalue weighted by atomic mass is 10.5. The number of rotatable bonds is 5.